The minimum Gasteiger partial charge on any atom is -0.466 e. The van der Waals surface area contributed by atoms with Crippen LogP contribution in [0.25, 0.3) is 5.69 Å². The lowest BCUT2D eigenvalue weighted by Crippen LogP contribution is -2.28. The van der Waals surface area contributed by atoms with E-state index in [9.17, 15) is 9.18 Å². The zero-order valence-corrected chi connectivity index (χ0v) is 14.7. The molecule has 25 heavy (non-hydrogen) atoms. The van der Waals surface area contributed by atoms with Gasteiger partial charge >= 0.3 is 0 Å². The van der Waals surface area contributed by atoms with Crippen LogP contribution in [0.5, 0.6) is 5.88 Å². The fourth-order valence-corrected chi connectivity index (χ4v) is 2.57. The van der Waals surface area contributed by atoms with E-state index in [1.165, 1.54) is 12.1 Å². The second-order valence-corrected chi connectivity index (χ2v) is 6.11. The lowest BCUT2D eigenvalue weighted by atomic mass is 10.2. The van der Waals surface area contributed by atoms with Crippen molar-refractivity contribution in [3.63, 3.8) is 0 Å². The second kappa shape index (κ2) is 7.94. The van der Waals surface area contributed by atoms with E-state index in [0.29, 0.717) is 15.9 Å². The van der Waals surface area contributed by atoms with Crippen LogP contribution in [0.1, 0.15) is 5.56 Å². The van der Waals surface area contributed by atoms with Gasteiger partial charge in [-0.05, 0) is 45.8 Å². The van der Waals surface area contributed by atoms with Crippen molar-refractivity contribution in [1.82, 2.24) is 15.1 Å². The van der Waals surface area contributed by atoms with Gasteiger partial charge < -0.3 is 10.1 Å². The van der Waals surface area contributed by atoms with Crippen LogP contribution in [0.3, 0.4) is 0 Å². The topological polar surface area (TPSA) is 56.1 Å². The Morgan fingerprint density at radius 2 is 2.00 bits per heavy atom. The van der Waals surface area contributed by atoms with Crippen LogP contribution >= 0.6 is 15.9 Å². The summed E-state index contributed by atoms with van der Waals surface area (Å²) in [4.78, 5) is 11.9. The van der Waals surface area contributed by atoms with Crippen molar-refractivity contribution in [3.8, 4) is 11.6 Å². The molecule has 0 radical (unpaired) electrons. The first kappa shape index (κ1) is 17.2. The fourth-order valence-electron chi connectivity index (χ4n) is 2.18. The molecule has 1 aromatic heterocycles. The number of nitrogens with one attached hydrogen (secondary N) is 1. The van der Waals surface area contributed by atoms with Crippen LogP contribution in [0.4, 0.5) is 4.39 Å². The van der Waals surface area contributed by atoms with Crippen molar-refractivity contribution in [2.24, 2.45) is 0 Å². The number of rotatable bonds is 6. The summed E-state index contributed by atoms with van der Waals surface area (Å²) in [7, 11) is 0. The zero-order chi connectivity index (χ0) is 17.6. The van der Waals surface area contributed by atoms with E-state index in [2.05, 4.69) is 26.3 Å². The van der Waals surface area contributed by atoms with Crippen molar-refractivity contribution in [2.45, 2.75) is 6.54 Å². The smallest absolute Gasteiger partial charge is 0.258 e. The van der Waals surface area contributed by atoms with Gasteiger partial charge in [0.2, 0.25) is 5.88 Å². The number of carbonyl (C=O) groups excluding carboxylic acids is 1. The number of hydrogen-bond donors (Lipinski definition) is 1. The van der Waals surface area contributed by atoms with Gasteiger partial charge in [-0.25, -0.2) is 9.07 Å². The van der Waals surface area contributed by atoms with E-state index < -0.39 is 0 Å². The Morgan fingerprint density at radius 1 is 1.20 bits per heavy atom. The number of aromatic nitrogens is 2. The summed E-state index contributed by atoms with van der Waals surface area (Å²) in [5, 5.41) is 6.97. The Labute approximate surface area is 152 Å². The summed E-state index contributed by atoms with van der Waals surface area (Å²) >= 11 is 3.37. The maximum atomic E-state index is 13.1. The minimum absolute atomic E-state index is 0.181. The zero-order valence-electron chi connectivity index (χ0n) is 13.2. The first-order valence-corrected chi connectivity index (χ1v) is 8.35. The number of carbonyl (C=O) groups is 1. The number of ether oxygens (including phenoxy) is 1. The normalized spacial score (nSPS) is 10.5. The molecule has 7 heteroatoms. The Kier molecular flexibility index (Phi) is 5.45. The molecular weight excluding hydrogens is 389 g/mol. The number of para-hydroxylation sites is 1. The molecule has 2 aromatic carbocycles. The highest BCUT2D eigenvalue weighted by Gasteiger charge is 2.11. The van der Waals surface area contributed by atoms with Crippen LogP contribution in [0.2, 0.25) is 0 Å². The van der Waals surface area contributed by atoms with Crippen molar-refractivity contribution in [2.75, 3.05) is 6.61 Å². The molecule has 0 aliphatic carbocycles. The number of nitrogens with zero attached hydrogens (tertiary/aromatic N) is 2. The monoisotopic (exact) mass is 403 g/mol. The van der Waals surface area contributed by atoms with Gasteiger partial charge in [-0.1, -0.05) is 30.3 Å². The molecule has 5 nitrogen and oxygen atoms in total. The highest BCUT2D eigenvalue weighted by molar-refractivity contribution is 9.10. The first-order valence-electron chi connectivity index (χ1n) is 7.56. The molecule has 0 unspecified atom stereocenters. The molecule has 0 saturated carbocycles. The molecule has 3 aromatic rings. The van der Waals surface area contributed by atoms with Gasteiger partial charge in [0.1, 0.15) is 5.82 Å². The van der Waals surface area contributed by atoms with Crippen molar-refractivity contribution in [3.05, 3.63) is 76.6 Å². The molecule has 0 spiro atoms. The van der Waals surface area contributed by atoms with E-state index in [-0.39, 0.29) is 24.9 Å². The molecule has 0 aliphatic heterocycles. The van der Waals surface area contributed by atoms with E-state index in [1.807, 2.05) is 30.3 Å². The number of benzene rings is 2. The minimum atomic E-state index is -0.335. The molecule has 0 fully saturated rings. The van der Waals surface area contributed by atoms with Gasteiger partial charge in [0.25, 0.3) is 5.91 Å². The van der Waals surface area contributed by atoms with E-state index in [1.54, 1.807) is 23.0 Å². The predicted molar refractivity (Wildman–Crippen MR) is 95.0 cm³/mol. The van der Waals surface area contributed by atoms with Gasteiger partial charge in [0, 0.05) is 12.7 Å². The maximum absolute atomic E-state index is 13.1. The molecule has 128 valence electrons. The van der Waals surface area contributed by atoms with E-state index in [4.69, 9.17) is 4.74 Å². The second-order valence-electron chi connectivity index (χ2n) is 5.26. The fraction of sp³-hybridized carbons (Fsp3) is 0.111. The highest BCUT2D eigenvalue weighted by atomic mass is 79.9. The standard InChI is InChI=1S/C18H15BrFN3O2/c19-16-11-23(15-7-2-1-3-8-15)22-18(16)25-12-17(24)21-10-13-5-4-6-14(20)9-13/h1-9,11H,10,12H2,(H,21,24). The lowest BCUT2D eigenvalue weighted by molar-refractivity contribution is -0.123. The van der Waals surface area contributed by atoms with Crippen molar-refractivity contribution < 1.29 is 13.9 Å². The van der Waals surface area contributed by atoms with Crippen LogP contribution < -0.4 is 10.1 Å². The van der Waals surface area contributed by atoms with Gasteiger partial charge in [-0.3, -0.25) is 4.79 Å². The van der Waals surface area contributed by atoms with Gasteiger partial charge in [0.05, 0.1) is 10.2 Å². The van der Waals surface area contributed by atoms with Crippen LogP contribution in [-0.2, 0) is 11.3 Å². The third kappa shape index (κ3) is 4.67. The average Bonchev–Trinajstić information content (AvgIpc) is 3.00. The number of amides is 1. The third-order valence-corrected chi connectivity index (χ3v) is 3.92. The Hall–Kier alpha value is -2.67. The summed E-state index contributed by atoms with van der Waals surface area (Å²) in [5.74, 6) is -0.325. The average molecular weight is 404 g/mol. The molecule has 1 heterocycles. The molecule has 0 bridgehead atoms. The molecule has 3 rings (SSSR count). The van der Waals surface area contributed by atoms with Crippen molar-refractivity contribution >= 4 is 21.8 Å². The third-order valence-electron chi connectivity index (χ3n) is 3.38. The molecule has 1 N–H and O–H groups in total. The van der Waals surface area contributed by atoms with E-state index >= 15 is 0 Å². The lowest BCUT2D eigenvalue weighted by Gasteiger charge is -2.06. The summed E-state index contributed by atoms with van der Waals surface area (Å²) in [5.41, 5.74) is 1.57. The molecule has 0 atom stereocenters. The van der Waals surface area contributed by atoms with Crippen LogP contribution in [0, 0.1) is 5.82 Å². The summed E-state index contributed by atoms with van der Waals surface area (Å²) < 4.78 is 20.8. The highest BCUT2D eigenvalue weighted by Crippen LogP contribution is 2.24. The SMILES string of the molecule is O=C(COc1nn(-c2ccccc2)cc1Br)NCc1cccc(F)c1. The van der Waals surface area contributed by atoms with Gasteiger partial charge in [-0.15, -0.1) is 5.10 Å². The molecular formula is C18H15BrFN3O2. The quantitative estimate of drug-likeness (QED) is 0.685. The molecule has 1 amide bonds. The van der Waals surface area contributed by atoms with Gasteiger partial charge in [0.15, 0.2) is 6.61 Å². The van der Waals surface area contributed by atoms with Gasteiger partial charge in [-0.2, -0.15) is 0 Å². The Morgan fingerprint density at radius 3 is 2.76 bits per heavy atom. The number of halogens is 2. The summed E-state index contributed by atoms with van der Waals surface area (Å²) in [6.45, 7) is 0.0549. The first-order chi connectivity index (χ1) is 12.1. The largest absolute Gasteiger partial charge is 0.466 e. The summed E-state index contributed by atoms with van der Waals surface area (Å²) in [6, 6.07) is 15.6. The molecule has 0 saturated heterocycles. The van der Waals surface area contributed by atoms with Crippen LogP contribution in [-0.4, -0.2) is 22.3 Å². The Bertz CT molecular complexity index is 868. The summed E-state index contributed by atoms with van der Waals surface area (Å²) in [6.07, 6.45) is 1.76. The van der Waals surface area contributed by atoms with Crippen molar-refractivity contribution in [1.29, 1.82) is 0 Å². The predicted octanol–water partition coefficient (Wildman–Crippen LogP) is 3.47. The van der Waals surface area contributed by atoms with Crippen LogP contribution in [0.15, 0.2) is 65.3 Å². The molecule has 0 aliphatic rings. The Balaban J connectivity index is 1.55. The maximum Gasteiger partial charge on any atom is 0.258 e. The number of hydrogen-bond acceptors (Lipinski definition) is 3. The van der Waals surface area contributed by atoms with E-state index in [0.717, 1.165) is 5.69 Å².